The van der Waals surface area contributed by atoms with Gasteiger partial charge in [0.2, 0.25) is 0 Å². The van der Waals surface area contributed by atoms with E-state index >= 15 is 0 Å². The van der Waals surface area contributed by atoms with Crippen LogP contribution in [0.5, 0.6) is 0 Å². The van der Waals surface area contributed by atoms with E-state index in [1.165, 1.54) is 18.2 Å². The number of benzene rings is 2. The number of rotatable bonds is 1. The molecule has 0 spiro atoms. The molecule has 2 aromatic rings. The van der Waals surface area contributed by atoms with Crippen LogP contribution in [0, 0.1) is 35.7 Å². The third-order valence-corrected chi connectivity index (χ3v) is 2.62. The quantitative estimate of drug-likeness (QED) is 0.700. The molecule has 0 heterocycles. The lowest BCUT2D eigenvalue weighted by atomic mass is 10.0. The summed E-state index contributed by atoms with van der Waals surface area (Å²) in [5.74, 6) is -3.56. The minimum atomic E-state index is -1.28. The van der Waals surface area contributed by atoms with Gasteiger partial charge in [0.1, 0.15) is 6.07 Å². The molecule has 0 aliphatic rings. The van der Waals surface area contributed by atoms with Crippen LogP contribution in [0.3, 0.4) is 0 Å². The maximum Gasteiger partial charge on any atom is 0.169 e. The highest BCUT2D eigenvalue weighted by atomic mass is 19.2. The van der Waals surface area contributed by atoms with Gasteiger partial charge in [-0.05, 0) is 18.6 Å². The summed E-state index contributed by atoms with van der Waals surface area (Å²) in [7, 11) is 0. The summed E-state index contributed by atoms with van der Waals surface area (Å²) < 4.78 is 40.8. The van der Waals surface area contributed by atoms with E-state index in [1.54, 1.807) is 12.1 Å². The second-order valence-electron chi connectivity index (χ2n) is 3.89. The van der Waals surface area contributed by atoms with Crippen molar-refractivity contribution in [3.05, 3.63) is 58.9 Å². The largest absolute Gasteiger partial charge is 0.205 e. The van der Waals surface area contributed by atoms with Gasteiger partial charge in [-0.1, -0.05) is 29.8 Å². The summed E-state index contributed by atoms with van der Waals surface area (Å²) >= 11 is 0. The average molecular weight is 247 g/mol. The Hall–Kier alpha value is -2.28. The van der Waals surface area contributed by atoms with Crippen molar-refractivity contribution in [3.8, 4) is 17.2 Å². The van der Waals surface area contributed by atoms with Crippen LogP contribution in [0.1, 0.15) is 11.1 Å². The van der Waals surface area contributed by atoms with Gasteiger partial charge in [-0.25, -0.2) is 13.2 Å². The fourth-order valence-electron chi connectivity index (χ4n) is 1.66. The van der Waals surface area contributed by atoms with Crippen LogP contribution in [0.15, 0.2) is 30.3 Å². The Morgan fingerprint density at radius 3 is 2.17 bits per heavy atom. The van der Waals surface area contributed by atoms with Crippen LogP contribution in [0.4, 0.5) is 13.2 Å². The monoisotopic (exact) mass is 247 g/mol. The highest BCUT2D eigenvalue weighted by Gasteiger charge is 2.19. The Morgan fingerprint density at radius 1 is 1.00 bits per heavy atom. The molecule has 90 valence electrons. The van der Waals surface area contributed by atoms with E-state index in [0.717, 1.165) is 5.56 Å². The minimum absolute atomic E-state index is 0.201. The molecule has 1 nitrogen and oxygen atoms in total. The van der Waals surface area contributed by atoms with Crippen molar-refractivity contribution in [3.63, 3.8) is 0 Å². The Kier molecular flexibility index (Phi) is 3.07. The molecule has 0 fully saturated rings. The normalized spacial score (nSPS) is 10.2. The molecule has 0 saturated carbocycles. The summed E-state index contributed by atoms with van der Waals surface area (Å²) in [6.45, 7) is 1.82. The lowest BCUT2D eigenvalue weighted by Crippen LogP contribution is -1.98. The van der Waals surface area contributed by atoms with E-state index in [9.17, 15) is 13.2 Å². The number of hydrogen-bond donors (Lipinski definition) is 0. The van der Waals surface area contributed by atoms with Crippen LogP contribution in [0.25, 0.3) is 11.1 Å². The summed E-state index contributed by atoms with van der Waals surface area (Å²) in [5.41, 5.74) is 0.0964. The van der Waals surface area contributed by atoms with Gasteiger partial charge in [0.15, 0.2) is 17.5 Å². The molecule has 0 aliphatic carbocycles. The Bertz CT molecular complexity index is 640. The van der Waals surface area contributed by atoms with Gasteiger partial charge in [-0.2, -0.15) is 5.26 Å². The average Bonchev–Trinajstić information content (AvgIpc) is 2.36. The maximum absolute atomic E-state index is 13.9. The fourth-order valence-corrected chi connectivity index (χ4v) is 1.66. The standard InChI is InChI=1S/C14H8F3N/c1-8-2-4-9(5-3-8)12-13(16)10(7-18)6-11(15)14(12)17/h2-6H,1H3. The highest BCUT2D eigenvalue weighted by Crippen LogP contribution is 2.29. The van der Waals surface area contributed by atoms with Gasteiger partial charge in [-0.3, -0.25) is 0 Å². The maximum atomic E-state index is 13.9. The Morgan fingerprint density at radius 2 is 1.61 bits per heavy atom. The van der Waals surface area contributed by atoms with Gasteiger partial charge in [0, 0.05) is 0 Å². The molecule has 0 N–H and O–H groups in total. The molecule has 0 saturated heterocycles. The third-order valence-electron chi connectivity index (χ3n) is 2.62. The second kappa shape index (κ2) is 4.53. The predicted octanol–water partition coefficient (Wildman–Crippen LogP) is 3.95. The van der Waals surface area contributed by atoms with Crippen molar-refractivity contribution < 1.29 is 13.2 Å². The first kappa shape index (κ1) is 12.2. The second-order valence-corrected chi connectivity index (χ2v) is 3.89. The van der Waals surface area contributed by atoms with Crippen molar-refractivity contribution in [1.29, 1.82) is 5.26 Å². The molecular formula is C14H8F3N. The zero-order valence-electron chi connectivity index (χ0n) is 9.47. The van der Waals surface area contributed by atoms with Gasteiger partial charge in [-0.15, -0.1) is 0 Å². The lowest BCUT2D eigenvalue weighted by Gasteiger charge is -2.07. The van der Waals surface area contributed by atoms with E-state index in [0.29, 0.717) is 6.07 Å². The Labute approximate surface area is 102 Å². The topological polar surface area (TPSA) is 23.8 Å². The van der Waals surface area contributed by atoms with Crippen molar-refractivity contribution in [2.75, 3.05) is 0 Å². The smallest absolute Gasteiger partial charge is 0.169 e. The van der Waals surface area contributed by atoms with E-state index in [-0.39, 0.29) is 5.56 Å². The van der Waals surface area contributed by atoms with Crippen molar-refractivity contribution in [2.45, 2.75) is 6.92 Å². The predicted molar refractivity (Wildman–Crippen MR) is 61.2 cm³/mol. The number of nitriles is 1. The molecule has 2 aromatic carbocycles. The van der Waals surface area contributed by atoms with Crippen LogP contribution in [-0.4, -0.2) is 0 Å². The summed E-state index contributed by atoms with van der Waals surface area (Å²) in [4.78, 5) is 0. The molecule has 0 radical (unpaired) electrons. The molecule has 0 aromatic heterocycles. The van der Waals surface area contributed by atoms with E-state index in [4.69, 9.17) is 5.26 Å². The summed E-state index contributed by atoms with van der Waals surface area (Å²) in [5, 5.41) is 8.67. The third kappa shape index (κ3) is 1.95. The molecular weight excluding hydrogens is 239 g/mol. The molecule has 0 aliphatic heterocycles. The van der Waals surface area contributed by atoms with Crippen LogP contribution in [0.2, 0.25) is 0 Å². The highest BCUT2D eigenvalue weighted by molar-refractivity contribution is 5.67. The molecule has 0 atom stereocenters. The van der Waals surface area contributed by atoms with Crippen LogP contribution in [-0.2, 0) is 0 Å². The number of aryl methyl sites for hydroxylation is 1. The number of hydrogen-bond acceptors (Lipinski definition) is 1. The van der Waals surface area contributed by atoms with E-state index in [1.807, 2.05) is 6.92 Å². The molecule has 18 heavy (non-hydrogen) atoms. The number of halogens is 3. The van der Waals surface area contributed by atoms with Gasteiger partial charge >= 0.3 is 0 Å². The first-order valence-corrected chi connectivity index (χ1v) is 5.19. The summed E-state index contributed by atoms with van der Waals surface area (Å²) in [6, 6.07) is 8.34. The number of nitrogens with zero attached hydrogens (tertiary/aromatic N) is 1. The van der Waals surface area contributed by atoms with Crippen molar-refractivity contribution in [2.24, 2.45) is 0 Å². The first-order chi connectivity index (χ1) is 8.54. The zero-order valence-corrected chi connectivity index (χ0v) is 9.47. The van der Waals surface area contributed by atoms with Crippen molar-refractivity contribution in [1.82, 2.24) is 0 Å². The van der Waals surface area contributed by atoms with Crippen LogP contribution >= 0.6 is 0 Å². The zero-order chi connectivity index (χ0) is 13.3. The van der Waals surface area contributed by atoms with Crippen molar-refractivity contribution >= 4 is 0 Å². The van der Waals surface area contributed by atoms with Gasteiger partial charge in [0.25, 0.3) is 0 Å². The SMILES string of the molecule is Cc1ccc(-c2c(F)c(F)cc(C#N)c2F)cc1. The molecule has 0 bridgehead atoms. The fraction of sp³-hybridized carbons (Fsp3) is 0.0714. The van der Waals surface area contributed by atoms with Gasteiger partial charge in [0.05, 0.1) is 11.1 Å². The lowest BCUT2D eigenvalue weighted by molar-refractivity contribution is 0.498. The van der Waals surface area contributed by atoms with Gasteiger partial charge < -0.3 is 0 Å². The van der Waals surface area contributed by atoms with E-state index < -0.39 is 28.6 Å². The Balaban J connectivity index is 2.74. The van der Waals surface area contributed by atoms with E-state index in [2.05, 4.69) is 0 Å². The molecule has 2 rings (SSSR count). The van der Waals surface area contributed by atoms with Crippen LogP contribution < -0.4 is 0 Å². The molecule has 4 heteroatoms. The molecule has 0 unspecified atom stereocenters. The minimum Gasteiger partial charge on any atom is -0.205 e. The summed E-state index contributed by atoms with van der Waals surface area (Å²) in [6.07, 6.45) is 0. The molecule has 0 amide bonds. The first-order valence-electron chi connectivity index (χ1n) is 5.19.